The van der Waals surface area contributed by atoms with Crippen LogP contribution in [0.4, 0.5) is 65.6 Å². The zero-order chi connectivity index (χ0) is 96.4. The number of nitrogen functional groups attached to an aromatic ring is 6. The summed E-state index contributed by atoms with van der Waals surface area (Å²) in [6.07, 6.45) is -24.3. The second-order valence-corrected chi connectivity index (χ2v) is 49.0. The average Bonchev–Trinajstić information content (AvgIpc) is 1.59. The Balaban J connectivity index is 0.000000131. The largest absolute Gasteiger partial charge is 0.398 e. The summed E-state index contributed by atoms with van der Waals surface area (Å²) in [5.74, 6) is -4.82. The highest BCUT2D eigenvalue weighted by atomic mass is 32.7. The summed E-state index contributed by atoms with van der Waals surface area (Å²) in [4.78, 5) is 144. The van der Waals surface area contributed by atoms with Gasteiger partial charge in [-0.05, 0) is 83.3 Å². The van der Waals surface area contributed by atoms with Crippen LogP contribution in [0.1, 0.15) is 36.5 Å². The fourth-order valence-electron chi connectivity index (χ4n) is 16.1. The molecule has 12 aromatic heterocycles. The normalized spacial score (nSPS) is 37.3. The van der Waals surface area contributed by atoms with Gasteiger partial charge in [-0.1, -0.05) is 12.2 Å². The summed E-state index contributed by atoms with van der Waals surface area (Å²) in [5, 5.41) is -1.57. The van der Waals surface area contributed by atoms with Crippen LogP contribution >= 0.6 is 64.4 Å². The number of thiol groups is 1. The van der Waals surface area contributed by atoms with Crippen molar-refractivity contribution in [3.63, 3.8) is 0 Å². The summed E-state index contributed by atoms with van der Waals surface area (Å²) in [6.45, 7) is -30.8. The number of hydrogen-bond acceptors (Lipinski definition) is 44. The molecule has 0 spiro atoms. The van der Waals surface area contributed by atoms with Crippen LogP contribution in [0.2, 0.25) is 0 Å². The first-order valence-electron chi connectivity index (χ1n) is 39.3. The van der Waals surface area contributed by atoms with E-state index in [1.54, 1.807) is 12.1 Å². The van der Waals surface area contributed by atoms with E-state index >= 15 is 30.7 Å². The maximum absolute atomic E-state index is 16.0. The third-order valence-electron chi connectivity index (χ3n) is 22.3. The number of thioether (sulfide) groups is 1. The molecule has 6 bridgehead atoms. The molecule has 6 unspecified atom stereocenters. The van der Waals surface area contributed by atoms with E-state index in [4.69, 9.17) is 171 Å². The highest BCUT2D eigenvalue weighted by Gasteiger charge is 2.64. The van der Waals surface area contributed by atoms with Gasteiger partial charge >= 0.3 is 46.3 Å². The molecule has 52 nitrogen and oxygen atoms in total. The number of alkyl halides is 7. The Labute approximate surface area is 786 Å². The lowest BCUT2D eigenvalue weighted by molar-refractivity contribution is -0.118. The fraction of sp³-hybridized carbons (Fsp3) is 0.469. The topological polar surface area (TPSA) is 701 Å². The molecule has 20 N–H and O–H groups in total. The second kappa shape index (κ2) is 36.8. The number of ether oxygens (including phenoxy) is 5. The molecule has 9 aliphatic heterocycles. The summed E-state index contributed by atoms with van der Waals surface area (Å²) in [7, 11) is 0. The van der Waals surface area contributed by atoms with Crippen molar-refractivity contribution in [1.29, 1.82) is 0 Å². The number of aromatic amines is 3. The minimum atomic E-state index is -4.62. The number of pyridine rings is 3. The summed E-state index contributed by atoms with van der Waals surface area (Å²) in [5.41, 5.74) is 34.3. The van der Waals surface area contributed by atoms with E-state index in [-0.39, 0.29) is 73.8 Å². The van der Waals surface area contributed by atoms with E-state index in [2.05, 4.69) is 82.0 Å². The predicted octanol–water partition coefficient (Wildman–Crippen LogP) is 3.79. The molecule has 12 aromatic rings. The quantitative estimate of drug-likeness (QED) is 0.0639. The van der Waals surface area contributed by atoms with Crippen LogP contribution in [-0.2, 0) is 142 Å². The highest BCUT2D eigenvalue weighted by molar-refractivity contribution is 8.44. The Bertz CT molecular complexity index is 6940. The van der Waals surface area contributed by atoms with Crippen LogP contribution < -0.4 is 51.1 Å². The van der Waals surface area contributed by atoms with Gasteiger partial charge in [0.25, 0.3) is 16.7 Å². The van der Waals surface area contributed by atoms with Crippen LogP contribution in [0.15, 0.2) is 95.1 Å². The highest BCUT2D eigenvalue weighted by Crippen LogP contribution is 2.63. The van der Waals surface area contributed by atoms with E-state index in [1.807, 2.05) is 0 Å². The first kappa shape index (κ1) is 97.4. The molecule has 0 aromatic carbocycles. The molecule has 21 rings (SSSR count). The molecule has 0 radical (unpaired) electrons. The zero-order valence-electron chi connectivity index (χ0n) is 67.6. The van der Waals surface area contributed by atoms with Crippen LogP contribution in [0.25, 0.3) is 66.9 Å². The molecule has 0 saturated carbocycles. The fourth-order valence-corrected chi connectivity index (χ4v) is 26.3. The summed E-state index contributed by atoms with van der Waals surface area (Å²) in [6, 6.07) is 6.23. The van der Waals surface area contributed by atoms with Crippen LogP contribution in [0.5, 0.6) is 0 Å². The standard InChI is InChI=1S/C22H24F2N8O8P2S3.C21H22F3N9O9P2S2.C21H23F2N9O9P2S2/c23-12-11-6-37-42(35,44)39-15-10(38-20(13(15)24)31-4-2-8-9(25)1-3-27-17(8)31)5-36-41(34,43)40-16(12)21(45-11)32-7-28-14-18(32)29-22(26)30-19(14)33;22-10-13-8(39-18(10)32-5-28-11-7(25)1-2-27-15(11)32)3-37-44(36,46)42-14-19(33-6-29-12-16(33)30-20(26)31-17(12)34)40-9(21(14,23)24)4-38-43(35,45)41-13;22-10-8-3-36-42(34,44)40-14-9(39-19(11(14)23)31-5-27-12-7(24)1-2-26-16(12)31)4-37-43(35,45)41-15(10)20(38-8)32-6-28-13-17(32)29-21(25)30-18(13)33/h1-4,7,10-13,15-16,20-21H,5-6H2,(H2,25,27)(H,34,43)(H,35,44)(H3,26,29,30,33);1-2,5-6,8-10,13-14,18-19H,3-4H2,(H2,25,27)(H,35,45)(H,36,46)(H3,26,30,31,34);1-2,5-6,8-11,14-15,19-20H,3-4H2,(H2,24,26)(H,34,44)(H,35,45)(H3,25,29,30,33)/t10-,11-,12-,13+,15-,16-,20-,21-,41?,42?;8-,9-,10+,13-,14+,18-,19-,43?,44?;8-,9-,10+,11+,14-,15-,19-,20-,42?,43?/m111/s1. The molecule has 9 aliphatic rings. The summed E-state index contributed by atoms with van der Waals surface area (Å²) < 4.78 is 227. The number of nitrogens with one attached hydrogen (secondary N) is 3. The number of halogens is 7. The maximum atomic E-state index is 16.0. The Morgan fingerprint density at radius 3 is 1.26 bits per heavy atom. The number of H-pyrrole nitrogens is 3. The molecular formula is C64H69F7N26O26P6S7. The van der Waals surface area contributed by atoms with Crippen molar-refractivity contribution >= 4 is 225 Å². The van der Waals surface area contributed by atoms with Gasteiger partial charge in [-0.2, -0.15) is 15.0 Å². The van der Waals surface area contributed by atoms with Crippen LogP contribution in [0.3, 0.4) is 0 Å². The van der Waals surface area contributed by atoms with E-state index in [1.165, 1.54) is 74.2 Å². The van der Waals surface area contributed by atoms with Crippen molar-refractivity contribution in [2.24, 2.45) is 0 Å². The molecule has 21 heterocycles. The van der Waals surface area contributed by atoms with Crippen molar-refractivity contribution in [2.75, 3.05) is 74.0 Å². The number of nitrogens with zero attached hydrogens (tertiary/aromatic N) is 17. The van der Waals surface area contributed by atoms with Crippen molar-refractivity contribution in [3.8, 4) is 0 Å². The average molecular weight is 2160 g/mol. The van der Waals surface area contributed by atoms with Gasteiger partial charge in [0.15, 0.2) is 113 Å². The van der Waals surface area contributed by atoms with Gasteiger partial charge < -0.3 is 110 Å². The predicted molar refractivity (Wildman–Crippen MR) is 479 cm³/mol. The molecule has 9 fully saturated rings. The van der Waals surface area contributed by atoms with Gasteiger partial charge in [0.1, 0.15) is 83.2 Å². The smallest absolute Gasteiger partial charge is 0.386 e. The number of nitrogens with two attached hydrogens (primary N) is 6. The van der Waals surface area contributed by atoms with Crippen LogP contribution in [-0.4, -0.2) is 270 Å². The first-order valence-corrected chi connectivity index (χ1v) is 55.9. The lowest BCUT2D eigenvalue weighted by Crippen LogP contribution is -2.42. The third-order valence-corrected chi connectivity index (χ3v) is 33.2. The molecule has 0 aliphatic carbocycles. The van der Waals surface area contributed by atoms with E-state index < -0.39 is 242 Å². The van der Waals surface area contributed by atoms with Gasteiger partial charge in [-0.25, -0.2) is 75.2 Å². The van der Waals surface area contributed by atoms with Gasteiger partial charge in [0, 0.05) is 35.9 Å². The van der Waals surface area contributed by atoms with Crippen molar-refractivity contribution in [3.05, 3.63) is 112 Å². The molecule has 29 atom stereocenters. The number of rotatable bonds is 6. The SMILES string of the molecule is Nc1nc2c(ncn2[C@@H]2O[C@@H]3COP(O)(=S)O[C@H]4[C@H](F)[C@H](n5cnc6c(N)ccnc65)O[C@@H]4COP(O)(=S)O[C@@H]2C3(F)F)c(=O)[nH]1.Nc1nc2c(ncn2[C@@H]2O[C@@H]3COP(O)(=S)O[C@H]4[C@H](F)[C@H](n5cnc6c(N)ccnc65)O[C@@H]4COP(O)(=S)O[C@@H]2[C@H]3F)c(=O)[nH]1.Nc1nc2c(ncn2[C@@H]2S[C@@H]3COP(=O)(S)O[C@H]4[C@H](F)[C@H](n5ccc6c(N)ccnc65)O[C@@H]4COP(O)(=S)O[C@@H]2[C@@H]3F)c(=O)[nH]1. The zero-order valence-corrected chi connectivity index (χ0v) is 78.8. The number of hydrogen-bond donors (Lipinski definition) is 15. The minimum absolute atomic E-state index is 0.0172. The molecule has 136 heavy (non-hydrogen) atoms. The van der Waals surface area contributed by atoms with Gasteiger partial charge in [0.05, 0.1) is 87.9 Å². The van der Waals surface area contributed by atoms with Gasteiger partial charge in [0.2, 0.25) is 17.8 Å². The Hall–Kier alpha value is -7.41. The molecule has 9 saturated heterocycles. The third kappa shape index (κ3) is 18.7. The number of imidazole rings is 5. The Kier molecular flexibility index (Phi) is 26.4. The Morgan fingerprint density at radius 1 is 0.404 bits per heavy atom. The Morgan fingerprint density at radius 2 is 0.779 bits per heavy atom. The lowest BCUT2D eigenvalue weighted by atomic mass is 10.1. The van der Waals surface area contributed by atoms with E-state index in [0.717, 1.165) is 33.6 Å². The number of anilines is 6. The number of fused-ring (bicyclic) bond motifs is 15. The molecule has 0 amide bonds. The lowest BCUT2D eigenvalue weighted by Gasteiger charge is -2.28. The number of aromatic nitrogens is 20. The minimum Gasteiger partial charge on any atom is -0.398 e. The summed E-state index contributed by atoms with van der Waals surface area (Å²) >= 11 is 30.6. The van der Waals surface area contributed by atoms with E-state index in [0.29, 0.717) is 27.9 Å². The van der Waals surface area contributed by atoms with Gasteiger partial charge in [-0.3, -0.25) is 83.8 Å². The van der Waals surface area contributed by atoms with Crippen LogP contribution in [0, 0.1) is 0 Å². The monoisotopic (exact) mass is 2160 g/mol. The van der Waals surface area contributed by atoms with Crippen molar-refractivity contribution in [1.82, 2.24) is 97.2 Å². The van der Waals surface area contributed by atoms with Crippen molar-refractivity contribution in [2.45, 2.75) is 146 Å². The second-order valence-electron chi connectivity index (χ2n) is 30.8. The maximum Gasteiger partial charge on any atom is 0.386 e. The first-order chi connectivity index (χ1) is 64.3. The van der Waals surface area contributed by atoms with E-state index in [9.17, 15) is 43.4 Å². The van der Waals surface area contributed by atoms with Crippen molar-refractivity contribution < 1.29 is 138 Å². The van der Waals surface area contributed by atoms with Gasteiger partial charge in [-0.15, -0.1) is 11.8 Å². The molecular weight excluding hydrogens is 2090 g/mol. The molecule has 732 valence electrons. The molecule has 72 heteroatoms.